The van der Waals surface area contributed by atoms with E-state index in [1.807, 2.05) is 9.80 Å². The first-order chi connectivity index (χ1) is 14.4. The number of benzene rings is 1. The van der Waals surface area contributed by atoms with Crippen LogP contribution in [0.15, 0.2) is 46.3 Å². The molecule has 0 unspecified atom stereocenters. The van der Waals surface area contributed by atoms with Crippen LogP contribution in [0.25, 0.3) is 0 Å². The van der Waals surface area contributed by atoms with Crippen LogP contribution in [-0.4, -0.2) is 79.9 Å². The number of rotatable bonds is 5. The molecule has 0 saturated carbocycles. The Morgan fingerprint density at radius 1 is 1.00 bits per heavy atom. The molecule has 2 N–H and O–H groups in total. The maximum atomic E-state index is 12.8. The van der Waals surface area contributed by atoms with Gasteiger partial charge in [0.2, 0.25) is 21.7 Å². The first-order valence-electron chi connectivity index (χ1n) is 10.1. The van der Waals surface area contributed by atoms with Gasteiger partial charge in [-0.3, -0.25) is 9.69 Å². The maximum Gasteiger partial charge on any atom is 0.236 e. The van der Waals surface area contributed by atoms with E-state index in [1.165, 1.54) is 18.3 Å². The average Bonchev–Trinajstić information content (AvgIpc) is 3.30. The van der Waals surface area contributed by atoms with E-state index in [-0.39, 0.29) is 21.5 Å². The highest BCUT2D eigenvalue weighted by molar-refractivity contribution is 7.91. The van der Waals surface area contributed by atoms with Crippen LogP contribution in [0.4, 0.5) is 11.8 Å². The predicted octanol–water partition coefficient (Wildman–Crippen LogP) is 0.636. The van der Waals surface area contributed by atoms with E-state index in [0.717, 1.165) is 25.9 Å². The molecule has 0 atom stereocenters. The summed E-state index contributed by atoms with van der Waals surface area (Å²) in [4.78, 5) is 27.0. The third-order valence-corrected chi connectivity index (χ3v) is 7.37. The van der Waals surface area contributed by atoms with Crippen molar-refractivity contribution in [2.75, 3.05) is 56.4 Å². The van der Waals surface area contributed by atoms with Gasteiger partial charge >= 0.3 is 0 Å². The molecule has 2 aliphatic rings. The van der Waals surface area contributed by atoms with E-state index in [1.54, 1.807) is 18.2 Å². The number of nitrogens with zero attached hydrogens (tertiary/aromatic N) is 5. The van der Waals surface area contributed by atoms with Crippen molar-refractivity contribution >= 4 is 27.5 Å². The molecule has 9 nitrogen and oxygen atoms in total. The molecule has 2 saturated heterocycles. The lowest BCUT2D eigenvalue weighted by Crippen LogP contribution is -2.50. The molecular formula is C20H26N6O3S. The maximum absolute atomic E-state index is 12.8. The molecule has 160 valence electrons. The Hall–Kier alpha value is -2.72. The summed E-state index contributed by atoms with van der Waals surface area (Å²) in [6, 6.07) is 8.11. The SMILES string of the molecule is Nc1nc(N2CCN(CC(=O)N3CCCC3)CC2)ncc1S(=O)(=O)c1ccccc1. The van der Waals surface area contributed by atoms with Crippen LogP contribution in [0.5, 0.6) is 0 Å². The molecule has 0 spiro atoms. The smallest absolute Gasteiger partial charge is 0.236 e. The lowest BCUT2D eigenvalue weighted by Gasteiger charge is -2.35. The zero-order chi connectivity index (χ0) is 21.1. The number of nitrogen functional groups attached to an aromatic ring is 1. The van der Waals surface area contributed by atoms with Crippen LogP contribution in [0.1, 0.15) is 12.8 Å². The lowest BCUT2D eigenvalue weighted by atomic mass is 10.3. The van der Waals surface area contributed by atoms with Gasteiger partial charge in [-0.05, 0) is 25.0 Å². The van der Waals surface area contributed by atoms with Gasteiger partial charge in [0.25, 0.3) is 0 Å². The number of piperazine rings is 1. The fraction of sp³-hybridized carbons (Fsp3) is 0.450. The highest BCUT2D eigenvalue weighted by Gasteiger charge is 2.26. The minimum Gasteiger partial charge on any atom is -0.382 e. The summed E-state index contributed by atoms with van der Waals surface area (Å²) in [5.41, 5.74) is 6.00. The fourth-order valence-electron chi connectivity index (χ4n) is 3.82. The van der Waals surface area contributed by atoms with E-state index in [4.69, 9.17) is 5.73 Å². The number of anilines is 2. The van der Waals surface area contributed by atoms with Gasteiger partial charge in [-0.2, -0.15) is 4.98 Å². The first-order valence-corrected chi connectivity index (χ1v) is 11.6. The molecule has 2 fully saturated rings. The van der Waals surface area contributed by atoms with E-state index in [2.05, 4.69) is 14.9 Å². The summed E-state index contributed by atoms with van der Waals surface area (Å²) in [5, 5.41) is 0. The van der Waals surface area contributed by atoms with Gasteiger partial charge in [-0.1, -0.05) is 18.2 Å². The van der Waals surface area contributed by atoms with Gasteiger partial charge in [-0.15, -0.1) is 0 Å². The van der Waals surface area contributed by atoms with Crippen molar-refractivity contribution in [2.45, 2.75) is 22.6 Å². The fourth-order valence-corrected chi connectivity index (χ4v) is 5.11. The lowest BCUT2D eigenvalue weighted by molar-refractivity contribution is -0.131. The van der Waals surface area contributed by atoms with Gasteiger partial charge in [0, 0.05) is 39.3 Å². The van der Waals surface area contributed by atoms with Crippen molar-refractivity contribution in [1.29, 1.82) is 0 Å². The first kappa shape index (κ1) is 20.5. The van der Waals surface area contributed by atoms with Crippen molar-refractivity contribution in [1.82, 2.24) is 19.8 Å². The predicted molar refractivity (Wildman–Crippen MR) is 113 cm³/mol. The van der Waals surface area contributed by atoms with Gasteiger partial charge in [-0.25, -0.2) is 13.4 Å². The Bertz CT molecular complexity index is 1000. The molecule has 0 bridgehead atoms. The highest BCUT2D eigenvalue weighted by Crippen LogP contribution is 2.25. The molecule has 2 aliphatic heterocycles. The molecule has 1 aromatic heterocycles. The topological polar surface area (TPSA) is 113 Å². The van der Waals surface area contributed by atoms with Crippen LogP contribution in [0.2, 0.25) is 0 Å². The van der Waals surface area contributed by atoms with Gasteiger partial charge < -0.3 is 15.5 Å². The third-order valence-electron chi connectivity index (χ3n) is 5.59. The largest absolute Gasteiger partial charge is 0.382 e. The van der Waals surface area contributed by atoms with Crippen molar-refractivity contribution in [3.8, 4) is 0 Å². The summed E-state index contributed by atoms with van der Waals surface area (Å²) < 4.78 is 25.6. The second-order valence-corrected chi connectivity index (χ2v) is 9.51. The molecule has 1 aromatic carbocycles. The number of carbonyl (C=O) groups is 1. The molecule has 30 heavy (non-hydrogen) atoms. The second-order valence-electron chi connectivity index (χ2n) is 7.59. The number of sulfone groups is 1. The highest BCUT2D eigenvalue weighted by atomic mass is 32.2. The summed E-state index contributed by atoms with van der Waals surface area (Å²) in [7, 11) is -3.77. The van der Waals surface area contributed by atoms with E-state index in [0.29, 0.717) is 38.7 Å². The zero-order valence-corrected chi connectivity index (χ0v) is 17.6. The average molecular weight is 431 g/mol. The van der Waals surface area contributed by atoms with Crippen LogP contribution >= 0.6 is 0 Å². The Labute approximate surface area is 176 Å². The zero-order valence-electron chi connectivity index (χ0n) is 16.8. The number of hydrogen-bond donors (Lipinski definition) is 1. The molecule has 1 amide bonds. The van der Waals surface area contributed by atoms with Gasteiger partial charge in [0.15, 0.2) is 0 Å². The van der Waals surface area contributed by atoms with Crippen molar-refractivity contribution < 1.29 is 13.2 Å². The quantitative estimate of drug-likeness (QED) is 0.735. The molecule has 3 heterocycles. The van der Waals surface area contributed by atoms with Crippen molar-refractivity contribution in [3.05, 3.63) is 36.5 Å². The number of nitrogens with two attached hydrogens (primary N) is 1. The van der Waals surface area contributed by atoms with Crippen LogP contribution in [0.3, 0.4) is 0 Å². The number of aromatic nitrogens is 2. The molecule has 10 heteroatoms. The summed E-state index contributed by atoms with van der Waals surface area (Å²) >= 11 is 0. The molecule has 0 aliphatic carbocycles. The molecule has 4 rings (SSSR count). The summed E-state index contributed by atoms with van der Waals surface area (Å²) in [6.45, 7) is 4.90. The monoisotopic (exact) mass is 430 g/mol. The van der Waals surface area contributed by atoms with E-state index >= 15 is 0 Å². The second kappa shape index (κ2) is 8.57. The summed E-state index contributed by atoms with van der Waals surface area (Å²) in [5.74, 6) is 0.539. The molecule has 2 aromatic rings. The third kappa shape index (κ3) is 4.24. The Morgan fingerprint density at radius 2 is 1.67 bits per heavy atom. The number of likely N-dealkylation sites (tertiary alicyclic amines) is 1. The van der Waals surface area contributed by atoms with Crippen LogP contribution in [0, 0.1) is 0 Å². The van der Waals surface area contributed by atoms with E-state index in [9.17, 15) is 13.2 Å². The minimum absolute atomic E-state index is 0.0597. The van der Waals surface area contributed by atoms with Crippen molar-refractivity contribution in [2.24, 2.45) is 0 Å². The number of carbonyl (C=O) groups excluding carboxylic acids is 1. The minimum atomic E-state index is -3.77. The van der Waals surface area contributed by atoms with Gasteiger partial charge in [0.05, 0.1) is 17.6 Å². The Kier molecular flexibility index (Phi) is 5.87. The van der Waals surface area contributed by atoms with Crippen LogP contribution < -0.4 is 10.6 Å². The number of hydrogen-bond acceptors (Lipinski definition) is 8. The van der Waals surface area contributed by atoms with E-state index < -0.39 is 9.84 Å². The van der Waals surface area contributed by atoms with Gasteiger partial charge in [0.1, 0.15) is 10.7 Å². The number of amides is 1. The standard InChI is InChI=1S/C20H26N6O3S/c21-19-17(30(28,29)16-6-2-1-3-7-16)14-22-20(23-19)26-12-10-24(11-13-26)15-18(27)25-8-4-5-9-25/h1-3,6-7,14H,4-5,8-13,15H2,(H2,21,22,23). The van der Waals surface area contributed by atoms with Crippen LogP contribution in [-0.2, 0) is 14.6 Å². The van der Waals surface area contributed by atoms with Crippen molar-refractivity contribution in [3.63, 3.8) is 0 Å². The normalized spacial score (nSPS) is 18.0. The Balaban J connectivity index is 1.40. The summed E-state index contributed by atoms with van der Waals surface area (Å²) in [6.07, 6.45) is 3.46. The molecular weight excluding hydrogens is 404 g/mol. The Morgan fingerprint density at radius 3 is 2.30 bits per heavy atom. The molecule has 0 radical (unpaired) electrons.